The fourth-order valence-electron chi connectivity index (χ4n) is 2.54. The largest absolute Gasteiger partial charge is 0.469 e. The van der Waals surface area contributed by atoms with Crippen LogP contribution in [0.25, 0.3) is 0 Å². The molecule has 2 atom stereocenters. The van der Waals surface area contributed by atoms with Crippen LogP contribution in [-0.4, -0.2) is 45.4 Å². The van der Waals surface area contributed by atoms with Crippen LogP contribution in [0.15, 0.2) is 0 Å². The summed E-state index contributed by atoms with van der Waals surface area (Å²) >= 11 is 0. The van der Waals surface area contributed by atoms with Gasteiger partial charge in [0.2, 0.25) is 0 Å². The molecule has 0 aromatic carbocycles. The Bertz CT molecular complexity index is 411. The normalized spacial score (nSPS) is 23.8. The van der Waals surface area contributed by atoms with Gasteiger partial charge in [0.1, 0.15) is 0 Å². The van der Waals surface area contributed by atoms with E-state index in [0.29, 0.717) is 5.92 Å². The quantitative estimate of drug-likeness (QED) is 0.719. The maximum absolute atomic E-state index is 12.2. The molecule has 0 aromatic heterocycles. The molecule has 1 rings (SSSR count). The first-order chi connectivity index (χ1) is 9.39. The number of rotatable bonds is 7. The van der Waals surface area contributed by atoms with Gasteiger partial charge in [0.15, 0.2) is 0 Å². The van der Waals surface area contributed by atoms with Gasteiger partial charge in [-0.05, 0) is 18.8 Å². The molecule has 0 bridgehead atoms. The van der Waals surface area contributed by atoms with Gasteiger partial charge >= 0.3 is 5.97 Å². The minimum Gasteiger partial charge on any atom is -0.469 e. The monoisotopic (exact) mass is 306 g/mol. The highest BCUT2D eigenvalue weighted by Crippen LogP contribution is 2.27. The number of nitrogens with zero attached hydrogens (tertiary/aromatic N) is 1. The van der Waals surface area contributed by atoms with Gasteiger partial charge in [0.05, 0.1) is 13.5 Å². The fraction of sp³-hybridized carbons (Fsp3) is 0.923. The van der Waals surface area contributed by atoms with E-state index >= 15 is 0 Å². The van der Waals surface area contributed by atoms with Gasteiger partial charge in [-0.15, -0.1) is 0 Å². The van der Waals surface area contributed by atoms with Crippen LogP contribution in [0.5, 0.6) is 0 Å². The predicted molar refractivity (Wildman–Crippen MR) is 77.4 cm³/mol. The van der Waals surface area contributed by atoms with Crippen molar-refractivity contribution in [1.82, 2.24) is 9.03 Å². The molecule has 0 aliphatic heterocycles. The third-order valence-corrected chi connectivity index (χ3v) is 5.58. The SMILES string of the molecule is CCC1CCCC(NS(=O)(=O)N(C)CCC(=O)OC)C1. The zero-order chi connectivity index (χ0) is 15.2. The van der Waals surface area contributed by atoms with Crippen molar-refractivity contribution in [3.8, 4) is 0 Å². The first-order valence-corrected chi connectivity index (χ1v) is 8.63. The van der Waals surface area contributed by atoms with Crippen molar-refractivity contribution in [2.24, 2.45) is 5.92 Å². The summed E-state index contributed by atoms with van der Waals surface area (Å²) in [5.41, 5.74) is 0. The van der Waals surface area contributed by atoms with Gasteiger partial charge in [-0.25, -0.2) is 0 Å². The molecule has 20 heavy (non-hydrogen) atoms. The maximum atomic E-state index is 12.2. The zero-order valence-corrected chi connectivity index (χ0v) is 13.4. The second-order valence-corrected chi connectivity index (χ2v) is 7.22. The molecule has 0 heterocycles. The standard InChI is InChI=1S/C13H26N2O4S/c1-4-11-6-5-7-12(10-11)14-20(17,18)15(2)9-8-13(16)19-3/h11-12,14H,4-10H2,1-3H3. The maximum Gasteiger partial charge on any atom is 0.306 e. The van der Waals surface area contributed by atoms with Crippen LogP contribution in [0.4, 0.5) is 0 Å². The molecule has 0 radical (unpaired) electrons. The number of methoxy groups -OCH3 is 1. The first kappa shape index (κ1) is 17.4. The summed E-state index contributed by atoms with van der Waals surface area (Å²) in [6, 6.07) is 0.0132. The van der Waals surface area contributed by atoms with Crippen molar-refractivity contribution in [3.63, 3.8) is 0 Å². The van der Waals surface area contributed by atoms with Crippen LogP contribution in [0.2, 0.25) is 0 Å². The molecule has 1 aliphatic carbocycles. The average molecular weight is 306 g/mol. The van der Waals surface area contributed by atoms with Crippen LogP contribution in [0.3, 0.4) is 0 Å². The summed E-state index contributed by atoms with van der Waals surface area (Å²) in [5, 5.41) is 0. The van der Waals surface area contributed by atoms with Crippen molar-refractivity contribution in [2.45, 2.75) is 51.5 Å². The fourth-order valence-corrected chi connectivity index (χ4v) is 3.69. The predicted octanol–water partition coefficient (Wildman–Crippen LogP) is 1.28. The summed E-state index contributed by atoms with van der Waals surface area (Å²) in [4.78, 5) is 11.1. The van der Waals surface area contributed by atoms with Crippen molar-refractivity contribution >= 4 is 16.2 Å². The molecule has 0 amide bonds. The zero-order valence-electron chi connectivity index (χ0n) is 12.6. The molecule has 7 heteroatoms. The van der Waals surface area contributed by atoms with Crippen LogP contribution >= 0.6 is 0 Å². The van der Waals surface area contributed by atoms with E-state index in [0.717, 1.165) is 25.7 Å². The highest BCUT2D eigenvalue weighted by atomic mass is 32.2. The Morgan fingerprint density at radius 1 is 1.40 bits per heavy atom. The number of hydrogen-bond donors (Lipinski definition) is 1. The number of hydrogen-bond acceptors (Lipinski definition) is 4. The first-order valence-electron chi connectivity index (χ1n) is 7.19. The number of ether oxygens (including phenoxy) is 1. The van der Waals surface area contributed by atoms with Crippen molar-refractivity contribution < 1.29 is 17.9 Å². The Labute approximate surface area is 122 Å². The minimum absolute atomic E-state index is 0.0132. The van der Waals surface area contributed by atoms with Gasteiger partial charge in [-0.3, -0.25) is 4.79 Å². The molecule has 6 nitrogen and oxygen atoms in total. The lowest BCUT2D eigenvalue weighted by molar-refractivity contribution is -0.140. The Morgan fingerprint density at radius 3 is 2.70 bits per heavy atom. The molecule has 1 fully saturated rings. The summed E-state index contributed by atoms with van der Waals surface area (Å²) in [7, 11) is -0.749. The molecular weight excluding hydrogens is 280 g/mol. The van der Waals surface area contributed by atoms with E-state index in [4.69, 9.17) is 0 Å². The molecule has 0 saturated heterocycles. The second kappa shape index (κ2) is 7.95. The Hall–Kier alpha value is -0.660. The van der Waals surface area contributed by atoms with Crippen molar-refractivity contribution in [3.05, 3.63) is 0 Å². The van der Waals surface area contributed by atoms with Gasteiger partial charge < -0.3 is 4.74 Å². The number of carbonyl (C=O) groups excluding carboxylic acids is 1. The van der Waals surface area contributed by atoms with Crippen LogP contribution in [-0.2, 0) is 19.7 Å². The molecule has 1 saturated carbocycles. The number of carbonyl (C=O) groups is 1. The molecule has 2 unspecified atom stereocenters. The van der Waals surface area contributed by atoms with Gasteiger partial charge in [-0.2, -0.15) is 17.4 Å². The lowest BCUT2D eigenvalue weighted by Crippen LogP contribution is -2.45. The lowest BCUT2D eigenvalue weighted by atomic mass is 9.85. The van der Waals surface area contributed by atoms with Crippen LogP contribution in [0.1, 0.15) is 45.4 Å². The van der Waals surface area contributed by atoms with E-state index < -0.39 is 16.2 Å². The summed E-state index contributed by atoms with van der Waals surface area (Å²) in [6.07, 6.45) is 5.21. The Morgan fingerprint density at radius 2 is 2.10 bits per heavy atom. The van der Waals surface area contributed by atoms with Crippen LogP contribution in [0, 0.1) is 5.92 Å². The Balaban J connectivity index is 2.49. The topological polar surface area (TPSA) is 75.7 Å². The van der Waals surface area contributed by atoms with E-state index in [1.165, 1.54) is 24.9 Å². The minimum atomic E-state index is -3.52. The molecule has 1 aliphatic rings. The molecule has 0 spiro atoms. The summed E-state index contributed by atoms with van der Waals surface area (Å²) in [6.45, 7) is 2.27. The van der Waals surface area contributed by atoms with Crippen molar-refractivity contribution in [2.75, 3.05) is 20.7 Å². The van der Waals surface area contributed by atoms with E-state index in [1.807, 2.05) is 0 Å². The molecule has 1 N–H and O–H groups in total. The van der Waals surface area contributed by atoms with E-state index in [9.17, 15) is 13.2 Å². The van der Waals surface area contributed by atoms with E-state index in [1.54, 1.807) is 0 Å². The molecule has 0 aromatic rings. The van der Waals surface area contributed by atoms with E-state index in [2.05, 4.69) is 16.4 Å². The number of esters is 1. The van der Waals surface area contributed by atoms with Crippen molar-refractivity contribution in [1.29, 1.82) is 0 Å². The summed E-state index contributed by atoms with van der Waals surface area (Å²) < 4.78 is 32.8. The highest BCUT2D eigenvalue weighted by Gasteiger charge is 2.27. The van der Waals surface area contributed by atoms with Gasteiger partial charge in [-0.1, -0.05) is 26.2 Å². The third kappa shape index (κ3) is 5.38. The van der Waals surface area contributed by atoms with Gasteiger partial charge in [0.25, 0.3) is 10.2 Å². The van der Waals surface area contributed by atoms with Crippen LogP contribution < -0.4 is 4.72 Å². The summed E-state index contributed by atoms with van der Waals surface area (Å²) in [5.74, 6) is 0.201. The number of nitrogens with one attached hydrogen (secondary N) is 1. The Kier molecular flexibility index (Phi) is 6.91. The average Bonchev–Trinajstić information content (AvgIpc) is 2.43. The second-order valence-electron chi connectivity index (χ2n) is 5.41. The third-order valence-electron chi connectivity index (χ3n) is 3.94. The highest BCUT2D eigenvalue weighted by molar-refractivity contribution is 7.87. The smallest absolute Gasteiger partial charge is 0.306 e. The molecule has 118 valence electrons. The van der Waals surface area contributed by atoms with Gasteiger partial charge in [0, 0.05) is 19.6 Å². The van der Waals surface area contributed by atoms with E-state index in [-0.39, 0.29) is 19.0 Å². The molecular formula is C13H26N2O4S. The lowest BCUT2D eigenvalue weighted by Gasteiger charge is -2.30.